The number of ether oxygens (including phenoxy) is 3. The first-order valence-corrected chi connectivity index (χ1v) is 23.0. The fourth-order valence-electron chi connectivity index (χ4n) is 8.49. The Balaban J connectivity index is 0.797. The molecule has 22 nitrogen and oxygen atoms in total. The highest BCUT2D eigenvalue weighted by Crippen LogP contribution is 2.41. The highest BCUT2D eigenvalue weighted by atomic mass is 16.5. The van der Waals surface area contributed by atoms with Crippen molar-refractivity contribution < 1.29 is 47.8 Å². The maximum atomic E-state index is 13.7. The summed E-state index contributed by atoms with van der Waals surface area (Å²) in [6.45, 7) is 0.532. The van der Waals surface area contributed by atoms with E-state index in [0.29, 0.717) is 77.7 Å². The summed E-state index contributed by atoms with van der Waals surface area (Å²) in [5.41, 5.74) is 4.64. The third-order valence-electron chi connectivity index (χ3n) is 12.1. The van der Waals surface area contributed by atoms with Crippen molar-refractivity contribution in [3.8, 4) is 11.5 Å². The number of hydrogen-bond acceptors (Lipinski definition) is 12. The van der Waals surface area contributed by atoms with E-state index in [1.165, 1.54) is 41.7 Å². The lowest BCUT2D eigenvalue weighted by Crippen LogP contribution is -2.37. The summed E-state index contributed by atoms with van der Waals surface area (Å²) in [7, 11) is 9.37. The molecule has 5 N–H and O–H groups in total. The largest absolute Gasteiger partial charge is 0.493 e. The normalized spacial score (nSPS) is 13.3. The van der Waals surface area contributed by atoms with E-state index in [1.54, 1.807) is 85.2 Å². The van der Waals surface area contributed by atoms with Gasteiger partial charge < -0.3 is 59.1 Å². The first-order chi connectivity index (χ1) is 34.6. The van der Waals surface area contributed by atoms with Crippen LogP contribution in [0.1, 0.15) is 90.1 Å². The molecule has 2 aliphatic rings. The molecule has 0 unspecified atom stereocenters. The number of para-hydroxylation sites is 1. The Labute approximate surface area is 413 Å². The number of nitrogens with one attached hydrogen (secondary N) is 5. The number of aliphatic imine (C=N–C) groups is 1. The number of methoxy groups -OCH3 is 2. The zero-order chi connectivity index (χ0) is 51.2. The quantitative estimate of drug-likeness (QED) is 0.0510. The van der Waals surface area contributed by atoms with Crippen molar-refractivity contribution in [1.82, 2.24) is 28.6 Å². The number of amides is 6. The minimum absolute atomic E-state index is 0.0292. The molecule has 0 bridgehead atoms. The molecular formula is C50H54N12O10. The molecule has 2 aliphatic heterocycles. The van der Waals surface area contributed by atoms with E-state index < -0.39 is 17.7 Å². The van der Waals surface area contributed by atoms with Crippen LogP contribution in [0.5, 0.6) is 11.5 Å². The first kappa shape index (κ1) is 49.5. The van der Waals surface area contributed by atoms with Crippen LogP contribution in [-0.2, 0) is 48.9 Å². The molecule has 1 atom stereocenters. The van der Waals surface area contributed by atoms with Crippen LogP contribution in [0.2, 0.25) is 0 Å². The number of benzene rings is 2. The number of anilines is 5. The number of esters is 1. The van der Waals surface area contributed by atoms with Gasteiger partial charge in [-0.3, -0.25) is 43.5 Å². The average molecular weight is 983 g/mol. The van der Waals surface area contributed by atoms with Crippen molar-refractivity contribution >= 4 is 81.9 Å². The van der Waals surface area contributed by atoms with Gasteiger partial charge in [-0.25, -0.2) is 4.98 Å². The van der Waals surface area contributed by atoms with Crippen LogP contribution in [0.3, 0.4) is 0 Å². The molecule has 72 heavy (non-hydrogen) atoms. The molecule has 6 amide bonds. The van der Waals surface area contributed by atoms with Crippen LogP contribution in [0.15, 0.2) is 84.4 Å². The van der Waals surface area contributed by atoms with Gasteiger partial charge in [-0.2, -0.15) is 0 Å². The summed E-state index contributed by atoms with van der Waals surface area (Å²) >= 11 is 0. The van der Waals surface area contributed by atoms with Crippen molar-refractivity contribution in [1.29, 1.82) is 0 Å². The summed E-state index contributed by atoms with van der Waals surface area (Å²) in [6.07, 6.45) is 10.6. The van der Waals surface area contributed by atoms with Crippen LogP contribution < -0.4 is 41.0 Å². The predicted molar refractivity (Wildman–Crippen MR) is 267 cm³/mol. The number of nitrogens with zero attached hydrogens (tertiary/aromatic N) is 7. The lowest BCUT2D eigenvalue weighted by Gasteiger charge is -2.22. The molecule has 0 aliphatic carbocycles. The Hall–Kier alpha value is -8.95. The predicted octanol–water partition coefficient (Wildman–Crippen LogP) is 5.36. The zero-order valence-corrected chi connectivity index (χ0v) is 40.5. The smallest absolute Gasteiger partial charge is 0.305 e. The number of imidazole rings is 1. The second-order valence-electron chi connectivity index (χ2n) is 17.3. The van der Waals surface area contributed by atoms with E-state index in [0.717, 1.165) is 11.3 Å². The third-order valence-corrected chi connectivity index (χ3v) is 12.1. The van der Waals surface area contributed by atoms with Crippen LogP contribution >= 0.6 is 0 Å². The second kappa shape index (κ2) is 21.4. The number of rotatable bonds is 19. The Kier molecular flexibility index (Phi) is 14.7. The molecule has 0 fully saturated rings. The number of carbonyl (C=O) groups excluding carboxylic acids is 7. The summed E-state index contributed by atoms with van der Waals surface area (Å²) in [5, 5.41) is 13.8. The van der Waals surface area contributed by atoms with Crippen LogP contribution in [0.25, 0.3) is 0 Å². The van der Waals surface area contributed by atoms with Gasteiger partial charge in [0.05, 0.1) is 55.2 Å². The van der Waals surface area contributed by atoms with Gasteiger partial charge in [0.1, 0.15) is 17.1 Å². The SMILES string of the molecule is COC(=O)CCCCNC(=O)c1cc(NC(=O)c2cc(NC(=O)c3nc(NC(=O)c4cc(NC(=O)CCCOc5cc6c(cc5OC)C(=O)N5c7ccccc7C[C@H]5C=N6)cn4C)cn3C)cn2C)cn1C. The van der Waals surface area contributed by atoms with Gasteiger partial charge in [-0.15, -0.1) is 0 Å². The molecule has 0 radical (unpaired) electrons. The van der Waals surface area contributed by atoms with E-state index >= 15 is 0 Å². The van der Waals surface area contributed by atoms with Gasteiger partial charge in [0.2, 0.25) is 11.7 Å². The summed E-state index contributed by atoms with van der Waals surface area (Å²) < 4.78 is 22.3. The molecule has 4 aromatic heterocycles. The maximum Gasteiger partial charge on any atom is 0.305 e. The van der Waals surface area contributed by atoms with Crippen molar-refractivity contribution in [2.45, 2.75) is 44.6 Å². The summed E-state index contributed by atoms with van der Waals surface area (Å²) in [4.78, 5) is 102. The first-order valence-electron chi connectivity index (χ1n) is 23.0. The molecule has 6 aromatic rings. The van der Waals surface area contributed by atoms with Gasteiger partial charge in [-0.1, -0.05) is 18.2 Å². The number of carbonyl (C=O) groups is 7. The number of aryl methyl sites for hydroxylation is 4. The average Bonchev–Trinajstić information content (AvgIpc) is 4.17. The van der Waals surface area contributed by atoms with Crippen LogP contribution in [-0.4, -0.2) is 104 Å². The zero-order valence-electron chi connectivity index (χ0n) is 40.5. The lowest BCUT2D eigenvalue weighted by atomic mass is 10.1. The lowest BCUT2D eigenvalue weighted by molar-refractivity contribution is -0.140. The molecular weight excluding hydrogens is 929 g/mol. The van der Waals surface area contributed by atoms with Crippen LogP contribution in [0.4, 0.5) is 34.3 Å². The highest BCUT2D eigenvalue weighted by molar-refractivity contribution is 6.15. The molecule has 0 spiro atoms. The van der Waals surface area contributed by atoms with Crippen molar-refractivity contribution in [2.75, 3.05) is 53.5 Å². The van der Waals surface area contributed by atoms with Gasteiger partial charge in [0, 0.05) is 96.8 Å². The Morgan fingerprint density at radius 1 is 0.681 bits per heavy atom. The fourth-order valence-corrected chi connectivity index (χ4v) is 8.49. The maximum absolute atomic E-state index is 13.7. The number of unbranched alkanes of at least 4 members (excludes halogenated alkanes) is 1. The van der Waals surface area contributed by atoms with Crippen LogP contribution in [0, 0.1) is 0 Å². The Bertz CT molecular complexity index is 3140. The monoisotopic (exact) mass is 982 g/mol. The molecule has 374 valence electrons. The fraction of sp³-hybridized carbons (Fsp3) is 0.300. The standard InChI is InChI=1S/C50H54N12O10/c1-58-26-31(20-37(58)46(65)51-16-10-9-15-44(64)71-6)54-47(66)38-21-32(27-60(38)3)55-49(68)45-56-42(28-61(45)4)57-48(67)39-19-30(25-59(39)2)53-43(63)14-11-17-72-41-23-35-34(22-40(41)70-5)50(69)62-33(24-52-35)18-29-12-7-8-13-36(29)62/h7-8,12-13,19-28,33H,9-11,14-18H2,1-6H3,(H,51,65)(H,53,63)(H,54,66)(H,55,68)(H,57,67)/t33-/m0/s1. The second-order valence-corrected chi connectivity index (χ2v) is 17.3. The third kappa shape index (κ3) is 10.9. The summed E-state index contributed by atoms with van der Waals surface area (Å²) in [5.74, 6) is -1.94. The van der Waals surface area contributed by atoms with E-state index in [4.69, 9.17) is 9.47 Å². The minimum atomic E-state index is -0.608. The Morgan fingerprint density at radius 3 is 2.00 bits per heavy atom. The molecule has 0 saturated heterocycles. The van der Waals surface area contributed by atoms with E-state index in [9.17, 15) is 33.6 Å². The van der Waals surface area contributed by atoms with Gasteiger partial charge in [-0.05, 0) is 55.2 Å². The number of aromatic nitrogens is 5. The van der Waals surface area contributed by atoms with Crippen molar-refractivity contribution in [2.24, 2.45) is 33.2 Å². The minimum Gasteiger partial charge on any atom is -0.493 e. The van der Waals surface area contributed by atoms with E-state index in [-0.39, 0.29) is 72.2 Å². The van der Waals surface area contributed by atoms with Gasteiger partial charge >= 0.3 is 5.97 Å². The number of hydrogen-bond donors (Lipinski definition) is 5. The highest BCUT2D eigenvalue weighted by Gasteiger charge is 2.36. The molecule has 0 saturated carbocycles. The molecule has 6 heterocycles. The topological polar surface area (TPSA) is 256 Å². The summed E-state index contributed by atoms with van der Waals surface area (Å²) in [6, 6.07) is 15.5. The van der Waals surface area contributed by atoms with E-state index in [1.807, 2.05) is 24.3 Å². The molecule has 8 rings (SSSR count). The molecule has 22 heteroatoms. The van der Waals surface area contributed by atoms with Gasteiger partial charge in [0.15, 0.2) is 17.3 Å². The Morgan fingerprint density at radius 2 is 1.32 bits per heavy atom. The van der Waals surface area contributed by atoms with Crippen molar-refractivity contribution in [3.05, 3.63) is 113 Å². The molecule has 2 aromatic carbocycles. The van der Waals surface area contributed by atoms with Gasteiger partial charge in [0.25, 0.3) is 29.5 Å². The van der Waals surface area contributed by atoms with Crippen molar-refractivity contribution in [3.63, 3.8) is 0 Å². The number of fused-ring (bicyclic) bond motifs is 4. The van der Waals surface area contributed by atoms with E-state index in [2.05, 4.69) is 41.3 Å².